The zero-order valence-electron chi connectivity index (χ0n) is 12.0. The van der Waals surface area contributed by atoms with Crippen molar-refractivity contribution in [3.8, 4) is 0 Å². The lowest BCUT2D eigenvalue weighted by Gasteiger charge is -2.33. The predicted molar refractivity (Wildman–Crippen MR) is 82.9 cm³/mol. The summed E-state index contributed by atoms with van der Waals surface area (Å²) in [6.07, 6.45) is 8.94. The van der Waals surface area contributed by atoms with Gasteiger partial charge in [-0.15, -0.1) is 0 Å². The number of pyridine rings is 1. The molecule has 2 aromatic rings. The van der Waals surface area contributed by atoms with Crippen LogP contribution < -0.4 is 11.3 Å². The Labute approximate surface area is 120 Å². The Hall–Kier alpha value is -1.45. The van der Waals surface area contributed by atoms with Gasteiger partial charge in [0.2, 0.25) is 0 Å². The molecule has 1 aromatic carbocycles. The van der Waals surface area contributed by atoms with Crippen molar-refractivity contribution in [2.45, 2.75) is 38.6 Å². The van der Waals surface area contributed by atoms with Gasteiger partial charge in [0.05, 0.1) is 0 Å². The Balaban J connectivity index is 1.95. The highest BCUT2D eigenvalue weighted by atomic mass is 15.2. The number of nitrogens with zero attached hydrogens (tertiary/aromatic N) is 1. The monoisotopic (exact) mass is 269 g/mol. The van der Waals surface area contributed by atoms with Crippen LogP contribution in [-0.2, 0) is 0 Å². The van der Waals surface area contributed by atoms with E-state index in [-0.39, 0.29) is 6.04 Å². The number of nitrogens with two attached hydrogens (primary N) is 1. The second-order valence-corrected chi connectivity index (χ2v) is 6.11. The van der Waals surface area contributed by atoms with E-state index in [4.69, 9.17) is 5.84 Å². The number of nitrogens with one attached hydrogen (secondary N) is 1. The van der Waals surface area contributed by atoms with Crippen LogP contribution in [0.3, 0.4) is 0 Å². The fraction of sp³-hybridized carbons (Fsp3) is 0.471. The summed E-state index contributed by atoms with van der Waals surface area (Å²) in [5.74, 6) is 7.38. The zero-order valence-corrected chi connectivity index (χ0v) is 12.0. The zero-order chi connectivity index (χ0) is 13.9. The third kappa shape index (κ3) is 2.56. The molecule has 0 saturated heterocycles. The van der Waals surface area contributed by atoms with Gasteiger partial charge in [-0.25, -0.2) is 0 Å². The molecule has 3 N–H and O–H groups in total. The van der Waals surface area contributed by atoms with E-state index >= 15 is 0 Å². The fourth-order valence-corrected chi connectivity index (χ4v) is 3.51. The van der Waals surface area contributed by atoms with Crippen LogP contribution in [0.25, 0.3) is 10.8 Å². The van der Waals surface area contributed by atoms with Crippen molar-refractivity contribution >= 4 is 10.8 Å². The summed E-state index contributed by atoms with van der Waals surface area (Å²) in [5.41, 5.74) is 4.36. The lowest BCUT2D eigenvalue weighted by Crippen LogP contribution is -2.35. The molecule has 20 heavy (non-hydrogen) atoms. The summed E-state index contributed by atoms with van der Waals surface area (Å²) in [4.78, 5) is 4.28. The van der Waals surface area contributed by atoms with Crippen LogP contribution >= 0.6 is 0 Å². The topological polar surface area (TPSA) is 50.9 Å². The summed E-state index contributed by atoms with van der Waals surface area (Å²) in [5, 5.41) is 2.46. The molecule has 0 radical (unpaired) electrons. The molecule has 0 aliphatic heterocycles. The van der Waals surface area contributed by atoms with Gasteiger partial charge in [0.15, 0.2) is 0 Å². The molecule has 1 aliphatic carbocycles. The maximum Gasteiger partial charge on any atom is 0.0494 e. The molecule has 1 heterocycles. The summed E-state index contributed by atoms with van der Waals surface area (Å²) in [7, 11) is 0. The Morgan fingerprint density at radius 3 is 2.75 bits per heavy atom. The third-order valence-electron chi connectivity index (χ3n) is 4.76. The molecule has 1 aromatic heterocycles. The SMILES string of the molecule is CC1CCC(C(NN)c2cccc3ccncc23)CC1. The van der Waals surface area contributed by atoms with Crippen molar-refractivity contribution in [3.63, 3.8) is 0 Å². The summed E-state index contributed by atoms with van der Waals surface area (Å²) >= 11 is 0. The molecule has 3 nitrogen and oxygen atoms in total. The maximum absolute atomic E-state index is 5.89. The van der Waals surface area contributed by atoms with E-state index in [1.54, 1.807) is 0 Å². The van der Waals surface area contributed by atoms with Gasteiger partial charge in [-0.05, 0) is 41.7 Å². The summed E-state index contributed by atoms with van der Waals surface area (Å²) in [6.45, 7) is 2.35. The van der Waals surface area contributed by atoms with Gasteiger partial charge in [0.25, 0.3) is 0 Å². The summed E-state index contributed by atoms with van der Waals surface area (Å²) in [6, 6.07) is 8.74. The lowest BCUT2D eigenvalue weighted by molar-refractivity contribution is 0.233. The van der Waals surface area contributed by atoms with E-state index in [9.17, 15) is 0 Å². The molecule has 0 bridgehead atoms. The van der Waals surface area contributed by atoms with Crippen molar-refractivity contribution in [2.24, 2.45) is 17.7 Å². The van der Waals surface area contributed by atoms with Gasteiger partial charge in [0, 0.05) is 23.8 Å². The number of aromatic nitrogens is 1. The lowest BCUT2D eigenvalue weighted by atomic mass is 9.77. The van der Waals surface area contributed by atoms with Crippen LogP contribution in [0.2, 0.25) is 0 Å². The Morgan fingerprint density at radius 1 is 1.20 bits per heavy atom. The van der Waals surface area contributed by atoms with Gasteiger partial charge in [-0.1, -0.05) is 38.0 Å². The average Bonchev–Trinajstić information content (AvgIpc) is 2.50. The normalized spacial score (nSPS) is 24.7. The van der Waals surface area contributed by atoms with Gasteiger partial charge >= 0.3 is 0 Å². The minimum atomic E-state index is 0.232. The molecule has 1 saturated carbocycles. The molecule has 1 atom stereocenters. The van der Waals surface area contributed by atoms with Crippen molar-refractivity contribution < 1.29 is 0 Å². The number of hydrazine groups is 1. The molecular weight excluding hydrogens is 246 g/mol. The first-order valence-electron chi connectivity index (χ1n) is 7.58. The molecule has 0 spiro atoms. The van der Waals surface area contributed by atoms with Crippen molar-refractivity contribution in [1.82, 2.24) is 10.4 Å². The number of benzene rings is 1. The highest BCUT2D eigenvalue weighted by Crippen LogP contribution is 2.38. The van der Waals surface area contributed by atoms with Crippen LogP contribution in [0.1, 0.15) is 44.2 Å². The molecule has 3 heteroatoms. The smallest absolute Gasteiger partial charge is 0.0494 e. The minimum absolute atomic E-state index is 0.232. The molecule has 1 fully saturated rings. The average molecular weight is 269 g/mol. The van der Waals surface area contributed by atoms with Gasteiger partial charge in [0.1, 0.15) is 0 Å². The van der Waals surface area contributed by atoms with Gasteiger partial charge in [-0.3, -0.25) is 16.3 Å². The molecule has 3 rings (SSSR count). The van der Waals surface area contributed by atoms with Crippen molar-refractivity contribution in [1.29, 1.82) is 0 Å². The predicted octanol–water partition coefficient (Wildman–Crippen LogP) is 3.57. The first-order valence-corrected chi connectivity index (χ1v) is 7.58. The van der Waals surface area contributed by atoms with E-state index < -0.39 is 0 Å². The molecule has 1 unspecified atom stereocenters. The van der Waals surface area contributed by atoms with Crippen LogP contribution in [0.4, 0.5) is 0 Å². The van der Waals surface area contributed by atoms with E-state index in [2.05, 4.69) is 41.6 Å². The van der Waals surface area contributed by atoms with E-state index in [1.807, 2.05) is 12.4 Å². The highest BCUT2D eigenvalue weighted by molar-refractivity contribution is 5.85. The van der Waals surface area contributed by atoms with Gasteiger partial charge in [-0.2, -0.15) is 0 Å². The highest BCUT2D eigenvalue weighted by Gasteiger charge is 2.27. The minimum Gasteiger partial charge on any atom is -0.271 e. The maximum atomic E-state index is 5.89. The Morgan fingerprint density at radius 2 is 2.00 bits per heavy atom. The largest absolute Gasteiger partial charge is 0.271 e. The van der Waals surface area contributed by atoms with E-state index in [0.717, 1.165) is 5.92 Å². The van der Waals surface area contributed by atoms with Crippen molar-refractivity contribution in [3.05, 3.63) is 42.2 Å². The van der Waals surface area contributed by atoms with Crippen LogP contribution in [-0.4, -0.2) is 4.98 Å². The number of hydrogen-bond donors (Lipinski definition) is 2. The molecule has 1 aliphatic rings. The van der Waals surface area contributed by atoms with Crippen LogP contribution in [0.15, 0.2) is 36.7 Å². The third-order valence-corrected chi connectivity index (χ3v) is 4.76. The van der Waals surface area contributed by atoms with Crippen molar-refractivity contribution in [2.75, 3.05) is 0 Å². The standard InChI is InChI=1S/C17H23N3/c1-12-5-7-14(8-6-12)17(20-18)15-4-2-3-13-9-10-19-11-16(13)15/h2-4,9-12,14,17,20H,5-8,18H2,1H3. The van der Waals surface area contributed by atoms with E-state index in [0.29, 0.717) is 5.92 Å². The van der Waals surface area contributed by atoms with Gasteiger partial charge < -0.3 is 0 Å². The number of hydrogen-bond acceptors (Lipinski definition) is 3. The second kappa shape index (κ2) is 5.90. The second-order valence-electron chi connectivity index (χ2n) is 6.11. The van der Waals surface area contributed by atoms with Crippen LogP contribution in [0, 0.1) is 11.8 Å². The number of fused-ring (bicyclic) bond motifs is 1. The first kappa shape index (κ1) is 13.5. The number of rotatable bonds is 3. The Kier molecular flexibility index (Phi) is 3.99. The first-order chi connectivity index (χ1) is 9.79. The fourth-order valence-electron chi connectivity index (χ4n) is 3.51. The Bertz CT molecular complexity index is 568. The molecule has 0 amide bonds. The molecular formula is C17H23N3. The quantitative estimate of drug-likeness (QED) is 0.661. The van der Waals surface area contributed by atoms with E-state index in [1.165, 1.54) is 42.0 Å². The molecule has 106 valence electrons. The van der Waals surface area contributed by atoms with Crippen LogP contribution in [0.5, 0.6) is 0 Å². The summed E-state index contributed by atoms with van der Waals surface area (Å²) < 4.78 is 0.